The number of fused-ring (bicyclic) bond motifs is 27. The van der Waals surface area contributed by atoms with E-state index >= 15 is 0 Å². The second kappa shape index (κ2) is 21.2. The van der Waals surface area contributed by atoms with Crippen LogP contribution in [0.25, 0.3) is 118 Å². The lowest BCUT2D eigenvalue weighted by Gasteiger charge is -2.32. The molecule has 0 saturated heterocycles. The second-order valence-corrected chi connectivity index (χ2v) is 29.5. The molecule has 2 heterocycles. The minimum atomic E-state index is -0.462. The monoisotopic (exact) mass is 1300 g/mol. The maximum absolute atomic E-state index is 2.51. The summed E-state index contributed by atoms with van der Waals surface area (Å²) < 4.78 is 5.10. The molecule has 0 fully saturated rings. The van der Waals surface area contributed by atoms with Gasteiger partial charge in [-0.15, -0.1) is 22.7 Å². The van der Waals surface area contributed by atoms with Gasteiger partial charge in [-0.1, -0.05) is 255 Å². The Balaban J connectivity index is 0.665. The van der Waals surface area contributed by atoms with Crippen molar-refractivity contribution >= 4 is 108 Å². The third-order valence-corrected chi connectivity index (χ3v) is 24.7. The predicted molar refractivity (Wildman–Crippen MR) is 423 cm³/mol. The van der Waals surface area contributed by atoms with Gasteiger partial charge in [-0.2, -0.15) is 0 Å². The molecule has 4 aliphatic carbocycles. The summed E-state index contributed by atoms with van der Waals surface area (Å²) in [6.07, 6.45) is 0. The zero-order valence-corrected chi connectivity index (χ0v) is 55.8. The van der Waals surface area contributed by atoms with Crippen LogP contribution in [0.1, 0.15) is 44.5 Å². The van der Waals surface area contributed by atoms with E-state index in [1.165, 1.54) is 162 Å². The van der Waals surface area contributed by atoms with Gasteiger partial charge in [0, 0.05) is 74.5 Å². The van der Waals surface area contributed by atoms with Crippen LogP contribution in [-0.2, 0) is 10.8 Å². The topological polar surface area (TPSA) is 6.48 Å². The van der Waals surface area contributed by atoms with Crippen molar-refractivity contribution in [3.8, 4) is 66.8 Å². The highest BCUT2D eigenvalue weighted by Crippen LogP contribution is 2.66. The number of hydrogen-bond acceptors (Lipinski definition) is 4. The Labute approximate surface area is 587 Å². The molecule has 0 unspecified atom stereocenters. The van der Waals surface area contributed by atoms with E-state index in [4.69, 9.17) is 0 Å². The SMILES string of the molecule is c1ccc(-c2ccc(N(c3ccc4c(c3)C3(c5ccccc5-c5ccccc53)c3ccccc3-4)c3ccc4c(c3)sc3cc5cc6sc7cc(N(c8ccc(-c9ccccc9)cc8)c8ccc9c(c8)C8(c%10ccccc%10-c%10ccccc%108)c8ccccc8-9)ccc7c6cc5cc34)cc2)cc1. The van der Waals surface area contributed by atoms with Crippen LogP contribution in [0.4, 0.5) is 34.1 Å². The number of benzene rings is 16. The van der Waals surface area contributed by atoms with E-state index in [0.29, 0.717) is 0 Å². The fourth-order valence-electron chi connectivity index (χ4n) is 18.3. The van der Waals surface area contributed by atoms with Crippen LogP contribution < -0.4 is 9.80 Å². The molecule has 0 saturated carbocycles. The molecule has 2 aromatic heterocycles. The molecule has 0 radical (unpaired) electrons. The largest absolute Gasteiger partial charge is 0.310 e. The van der Waals surface area contributed by atoms with E-state index in [9.17, 15) is 0 Å². The Morgan fingerprint density at radius 3 is 0.790 bits per heavy atom. The normalized spacial score (nSPS) is 13.6. The van der Waals surface area contributed by atoms with Gasteiger partial charge in [0.2, 0.25) is 0 Å². The molecule has 100 heavy (non-hydrogen) atoms. The van der Waals surface area contributed by atoms with Gasteiger partial charge in [0.1, 0.15) is 0 Å². The van der Waals surface area contributed by atoms with Crippen molar-refractivity contribution in [1.29, 1.82) is 0 Å². The van der Waals surface area contributed by atoms with Gasteiger partial charge in [0.25, 0.3) is 0 Å². The average molecular weight is 1300 g/mol. The Bertz CT molecular complexity index is 5960. The van der Waals surface area contributed by atoms with Crippen molar-refractivity contribution in [2.45, 2.75) is 10.8 Å². The van der Waals surface area contributed by atoms with E-state index in [1.807, 2.05) is 22.7 Å². The van der Waals surface area contributed by atoms with Gasteiger partial charge in [-0.05, 0) is 219 Å². The summed E-state index contributed by atoms with van der Waals surface area (Å²) in [5.74, 6) is 0. The summed E-state index contributed by atoms with van der Waals surface area (Å²) in [6, 6.07) is 133. The Morgan fingerprint density at radius 2 is 0.440 bits per heavy atom. The lowest BCUT2D eigenvalue weighted by molar-refractivity contribution is 0.793. The van der Waals surface area contributed by atoms with E-state index < -0.39 is 10.8 Å². The minimum absolute atomic E-state index is 0.462. The molecule has 16 aromatic carbocycles. The summed E-state index contributed by atoms with van der Waals surface area (Å²) >= 11 is 3.79. The summed E-state index contributed by atoms with van der Waals surface area (Å²) in [7, 11) is 0. The van der Waals surface area contributed by atoms with Crippen molar-refractivity contribution in [2.24, 2.45) is 0 Å². The van der Waals surface area contributed by atoms with Gasteiger partial charge in [0.15, 0.2) is 0 Å². The van der Waals surface area contributed by atoms with Crippen LogP contribution in [0, 0.1) is 0 Å². The molecule has 0 N–H and O–H groups in total. The van der Waals surface area contributed by atoms with E-state index in [0.717, 1.165) is 34.1 Å². The van der Waals surface area contributed by atoms with Crippen LogP contribution >= 0.6 is 22.7 Å². The molecule has 18 aromatic rings. The number of hydrogen-bond donors (Lipinski definition) is 0. The fraction of sp³-hybridized carbons (Fsp3) is 0.0208. The number of nitrogens with zero attached hydrogens (tertiary/aromatic N) is 2. The highest BCUT2D eigenvalue weighted by Gasteiger charge is 2.53. The van der Waals surface area contributed by atoms with Crippen LogP contribution in [0.5, 0.6) is 0 Å². The highest BCUT2D eigenvalue weighted by molar-refractivity contribution is 7.26. The van der Waals surface area contributed by atoms with Gasteiger partial charge < -0.3 is 9.80 Å². The van der Waals surface area contributed by atoms with Gasteiger partial charge in [0.05, 0.1) is 10.8 Å². The molecule has 22 rings (SSSR count). The van der Waals surface area contributed by atoms with Gasteiger partial charge in [-0.3, -0.25) is 0 Å². The van der Waals surface area contributed by atoms with Crippen molar-refractivity contribution in [1.82, 2.24) is 0 Å². The first-order valence-corrected chi connectivity index (χ1v) is 36.2. The maximum Gasteiger partial charge on any atom is 0.0726 e. The molecule has 4 heteroatoms. The standard InChI is InChI=1S/C96H58N2S2/c1-3-19-59(20-4-1)61-35-39-65(40-36-61)97(67-43-47-77-75-27-11-17-33-87(75)95(89(77)55-67)83-29-13-7-23-71(83)72-24-8-14-30-84(72)95)69-45-49-79-81-51-63-52-82-80-50-46-70(58-94(80)100-92(82)54-64(63)53-91(81)99-93(79)57-69)98(66-41-37-62(38-42-66)60-21-5-2-6-22-60)68-44-48-78-76-28-12-18-34-88(76)96(90(78)56-68)85-31-15-9-25-73(85)74-26-10-16-32-86(74)96/h1-58H. The van der Waals surface area contributed by atoms with Gasteiger partial charge in [-0.25, -0.2) is 0 Å². The van der Waals surface area contributed by atoms with E-state index in [2.05, 4.69) is 362 Å². The molecule has 464 valence electrons. The molecular formula is C96H58N2S2. The third-order valence-electron chi connectivity index (χ3n) is 22.4. The first-order valence-electron chi connectivity index (χ1n) is 34.6. The quantitative estimate of drug-likeness (QED) is 0.150. The average Bonchev–Trinajstić information content (AvgIpc) is 1.52. The number of rotatable bonds is 8. The van der Waals surface area contributed by atoms with Crippen molar-refractivity contribution in [2.75, 3.05) is 9.80 Å². The highest BCUT2D eigenvalue weighted by atomic mass is 32.1. The molecular weight excluding hydrogens is 1250 g/mol. The van der Waals surface area contributed by atoms with Crippen molar-refractivity contribution in [3.63, 3.8) is 0 Å². The maximum atomic E-state index is 2.51. The van der Waals surface area contributed by atoms with E-state index in [-0.39, 0.29) is 0 Å². The fourth-order valence-corrected chi connectivity index (χ4v) is 20.6. The molecule has 0 bridgehead atoms. The Kier molecular flexibility index (Phi) is 11.8. The molecule has 2 nitrogen and oxygen atoms in total. The zero-order chi connectivity index (χ0) is 65.4. The minimum Gasteiger partial charge on any atom is -0.310 e. The van der Waals surface area contributed by atoms with Crippen LogP contribution in [0.15, 0.2) is 352 Å². The third kappa shape index (κ3) is 7.77. The first-order chi connectivity index (χ1) is 49.5. The molecule has 0 amide bonds. The number of thiophene rings is 2. The smallest absolute Gasteiger partial charge is 0.0726 e. The summed E-state index contributed by atoms with van der Waals surface area (Å²) in [6.45, 7) is 0. The second-order valence-electron chi connectivity index (χ2n) is 27.3. The lowest BCUT2D eigenvalue weighted by atomic mass is 9.70. The first kappa shape index (κ1) is 55.9. The van der Waals surface area contributed by atoms with Crippen LogP contribution in [0.2, 0.25) is 0 Å². The van der Waals surface area contributed by atoms with E-state index in [1.54, 1.807) is 0 Å². The Hall–Kier alpha value is -12.2. The lowest BCUT2D eigenvalue weighted by Crippen LogP contribution is -2.26. The summed E-state index contributed by atoms with van der Waals surface area (Å²) in [5.41, 5.74) is 31.7. The summed E-state index contributed by atoms with van der Waals surface area (Å²) in [4.78, 5) is 4.97. The van der Waals surface area contributed by atoms with Crippen molar-refractivity contribution in [3.05, 3.63) is 396 Å². The van der Waals surface area contributed by atoms with Crippen LogP contribution in [-0.4, -0.2) is 0 Å². The number of anilines is 6. The summed E-state index contributed by atoms with van der Waals surface area (Å²) in [5, 5.41) is 7.61. The Morgan fingerprint density at radius 1 is 0.180 bits per heavy atom. The van der Waals surface area contributed by atoms with Crippen LogP contribution in [0.3, 0.4) is 0 Å². The molecule has 0 aliphatic heterocycles. The molecule has 4 aliphatic rings. The molecule has 0 atom stereocenters. The van der Waals surface area contributed by atoms with Crippen molar-refractivity contribution < 1.29 is 0 Å². The van der Waals surface area contributed by atoms with Gasteiger partial charge >= 0.3 is 0 Å². The molecule has 2 spiro atoms. The predicted octanol–water partition coefficient (Wildman–Crippen LogP) is 26.5. The zero-order valence-electron chi connectivity index (χ0n) is 54.2.